The van der Waals surface area contributed by atoms with Gasteiger partial charge in [0.15, 0.2) is 11.6 Å². The molecule has 27 heavy (non-hydrogen) atoms. The van der Waals surface area contributed by atoms with E-state index in [0.29, 0.717) is 6.54 Å². The molecule has 1 aromatic rings. The van der Waals surface area contributed by atoms with Crippen LogP contribution in [0.2, 0.25) is 0 Å². The van der Waals surface area contributed by atoms with E-state index in [1.807, 2.05) is 13.0 Å². The lowest BCUT2D eigenvalue weighted by atomic mass is 10.0. The number of rotatable bonds is 6. The lowest BCUT2D eigenvalue weighted by Gasteiger charge is -2.32. The van der Waals surface area contributed by atoms with Gasteiger partial charge >= 0.3 is 6.03 Å². The normalized spacial score (nSPS) is 22.4. The number of amides is 2. The quantitative estimate of drug-likeness (QED) is 0.798. The number of carbonyl (C=O) groups excluding carboxylic acids is 1. The molecule has 0 saturated carbocycles. The third-order valence-electron chi connectivity index (χ3n) is 5.43. The fourth-order valence-electron chi connectivity index (χ4n) is 3.83. The lowest BCUT2D eigenvalue weighted by Crippen LogP contribution is -2.51. The fourth-order valence-corrected chi connectivity index (χ4v) is 3.83. The Labute approximate surface area is 160 Å². The smallest absolute Gasteiger partial charge is 0.315 e. The molecule has 7 heteroatoms. The summed E-state index contributed by atoms with van der Waals surface area (Å²) in [7, 11) is 1.47. The third-order valence-corrected chi connectivity index (χ3v) is 5.43. The van der Waals surface area contributed by atoms with Crippen molar-refractivity contribution in [2.24, 2.45) is 0 Å². The summed E-state index contributed by atoms with van der Waals surface area (Å²) in [4.78, 5) is 14.5. The van der Waals surface area contributed by atoms with Crippen molar-refractivity contribution in [2.75, 3.05) is 26.8 Å². The number of piperidine rings is 1. The highest BCUT2D eigenvalue weighted by molar-refractivity contribution is 5.74. The van der Waals surface area contributed by atoms with Crippen molar-refractivity contribution in [1.82, 2.24) is 15.5 Å². The van der Waals surface area contributed by atoms with Gasteiger partial charge in [0.05, 0.1) is 19.3 Å². The molecule has 2 aliphatic rings. The highest BCUT2D eigenvalue weighted by Gasteiger charge is 2.25. The van der Waals surface area contributed by atoms with E-state index in [2.05, 4.69) is 15.5 Å². The molecule has 2 aliphatic heterocycles. The molecule has 6 nitrogen and oxygen atoms in total. The summed E-state index contributed by atoms with van der Waals surface area (Å²) in [6, 6.07) is 5.17. The third kappa shape index (κ3) is 5.56. The van der Waals surface area contributed by atoms with Gasteiger partial charge in [-0.15, -0.1) is 0 Å². The Bertz CT molecular complexity index is 629. The fraction of sp³-hybridized carbons (Fsp3) is 0.650. The van der Waals surface area contributed by atoms with Gasteiger partial charge < -0.3 is 20.1 Å². The molecule has 0 aliphatic carbocycles. The van der Waals surface area contributed by atoms with Crippen molar-refractivity contribution in [3.05, 3.63) is 29.6 Å². The zero-order valence-electron chi connectivity index (χ0n) is 16.2. The van der Waals surface area contributed by atoms with E-state index in [0.717, 1.165) is 50.9 Å². The second-order valence-electron chi connectivity index (χ2n) is 7.48. The molecular weight excluding hydrogens is 349 g/mol. The van der Waals surface area contributed by atoms with Gasteiger partial charge in [-0.1, -0.05) is 6.07 Å². The summed E-state index contributed by atoms with van der Waals surface area (Å²) in [5.41, 5.74) is 0.933. The predicted molar refractivity (Wildman–Crippen MR) is 101 cm³/mol. The van der Waals surface area contributed by atoms with Crippen molar-refractivity contribution >= 4 is 6.03 Å². The van der Waals surface area contributed by atoms with E-state index >= 15 is 0 Å². The number of hydrogen-bond donors (Lipinski definition) is 2. The van der Waals surface area contributed by atoms with Crippen molar-refractivity contribution in [3.8, 4) is 5.75 Å². The molecule has 0 spiro atoms. The van der Waals surface area contributed by atoms with Crippen molar-refractivity contribution in [2.45, 2.75) is 57.3 Å². The number of ether oxygens (including phenoxy) is 2. The van der Waals surface area contributed by atoms with E-state index in [1.54, 1.807) is 6.07 Å². The number of carbonyl (C=O) groups is 1. The Morgan fingerprint density at radius 1 is 1.37 bits per heavy atom. The molecule has 3 rings (SSSR count). The van der Waals surface area contributed by atoms with Crippen LogP contribution in [0.1, 0.15) is 38.2 Å². The molecule has 2 amide bonds. The van der Waals surface area contributed by atoms with Crippen LogP contribution in [-0.4, -0.2) is 55.9 Å². The molecular formula is C20H30FN3O3. The Kier molecular flexibility index (Phi) is 6.90. The number of methoxy groups -OCH3 is 1. The summed E-state index contributed by atoms with van der Waals surface area (Å²) in [5, 5.41) is 6.07. The zero-order valence-corrected chi connectivity index (χ0v) is 16.2. The first-order valence-corrected chi connectivity index (χ1v) is 9.78. The summed E-state index contributed by atoms with van der Waals surface area (Å²) in [6.07, 6.45) is 3.98. The lowest BCUT2D eigenvalue weighted by molar-refractivity contribution is 0.0855. The Balaban J connectivity index is 1.39. The molecule has 0 radical (unpaired) electrons. The SMILES string of the molecule is COc1ccc(CN2CCC(NC(=O)NC(C)C3CCCO3)CC2)cc1F. The first kappa shape index (κ1) is 19.9. The number of nitrogens with one attached hydrogen (secondary N) is 2. The van der Waals surface area contributed by atoms with Gasteiger partial charge in [0, 0.05) is 32.3 Å². The molecule has 0 aromatic heterocycles. The van der Waals surface area contributed by atoms with Gasteiger partial charge in [0.25, 0.3) is 0 Å². The van der Waals surface area contributed by atoms with Crippen LogP contribution in [0, 0.1) is 5.82 Å². The van der Waals surface area contributed by atoms with Crippen molar-refractivity contribution in [3.63, 3.8) is 0 Å². The summed E-state index contributed by atoms with van der Waals surface area (Å²) < 4.78 is 24.4. The monoisotopic (exact) mass is 379 g/mol. The van der Waals surface area contributed by atoms with Crippen molar-refractivity contribution < 1.29 is 18.7 Å². The van der Waals surface area contributed by atoms with Gasteiger partial charge in [0.1, 0.15) is 0 Å². The van der Waals surface area contributed by atoms with Gasteiger partial charge in [-0.3, -0.25) is 4.90 Å². The van der Waals surface area contributed by atoms with Gasteiger partial charge in [-0.2, -0.15) is 0 Å². The second-order valence-corrected chi connectivity index (χ2v) is 7.48. The standard InChI is InChI=1S/C20H30FN3O3/c1-14(18-4-3-11-27-18)22-20(25)23-16-7-9-24(10-8-16)13-15-5-6-19(26-2)17(21)12-15/h5-6,12,14,16,18H,3-4,7-11,13H2,1-2H3,(H2,22,23,25). The van der Waals surface area contributed by atoms with E-state index in [4.69, 9.17) is 9.47 Å². The van der Waals surface area contributed by atoms with Gasteiger partial charge in [-0.25, -0.2) is 9.18 Å². The highest BCUT2D eigenvalue weighted by Crippen LogP contribution is 2.20. The van der Waals surface area contributed by atoms with E-state index < -0.39 is 0 Å². The molecule has 2 atom stereocenters. The first-order valence-electron chi connectivity index (χ1n) is 9.78. The molecule has 2 saturated heterocycles. The molecule has 0 bridgehead atoms. The minimum absolute atomic E-state index is 0.0255. The number of halogens is 1. The Morgan fingerprint density at radius 2 is 2.15 bits per heavy atom. The molecule has 2 N–H and O–H groups in total. The van der Waals surface area contributed by atoms with E-state index in [-0.39, 0.29) is 35.8 Å². The van der Waals surface area contributed by atoms with Crippen LogP contribution in [0.5, 0.6) is 5.75 Å². The van der Waals surface area contributed by atoms with Crippen LogP contribution in [0.3, 0.4) is 0 Å². The van der Waals surface area contributed by atoms with Crippen LogP contribution in [0.4, 0.5) is 9.18 Å². The number of nitrogens with zero attached hydrogens (tertiary/aromatic N) is 1. The molecule has 2 fully saturated rings. The second kappa shape index (κ2) is 9.37. The van der Waals surface area contributed by atoms with Crippen LogP contribution < -0.4 is 15.4 Å². The number of benzene rings is 1. The summed E-state index contributed by atoms with van der Waals surface area (Å²) >= 11 is 0. The maximum atomic E-state index is 13.8. The number of hydrogen-bond acceptors (Lipinski definition) is 4. The average Bonchev–Trinajstić information content (AvgIpc) is 3.18. The van der Waals surface area contributed by atoms with Gasteiger partial charge in [-0.05, 0) is 50.3 Å². The maximum absolute atomic E-state index is 13.8. The minimum atomic E-state index is -0.330. The Hall–Kier alpha value is -1.86. The van der Waals surface area contributed by atoms with E-state index in [1.165, 1.54) is 13.2 Å². The Morgan fingerprint density at radius 3 is 2.78 bits per heavy atom. The van der Waals surface area contributed by atoms with Crippen LogP contribution >= 0.6 is 0 Å². The average molecular weight is 379 g/mol. The summed E-state index contributed by atoms with van der Waals surface area (Å²) in [6.45, 7) is 5.23. The first-order chi connectivity index (χ1) is 13.0. The van der Waals surface area contributed by atoms with Crippen molar-refractivity contribution in [1.29, 1.82) is 0 Å². The molecule has 1 aromatic carbocycles. The highest BCUT2D eigenvalue weighted by atomic mass is 19.1. The molecule has 2 unspecified atom stereocenters. The van der Waals surface area contributed by atoms with Crippen LogP contribution in [0.15, 0.2) is 18.2 Å². The largest absolute Gasteiger partial charge is 0.494 e. The van der Waals surface area contributed by atoms with E-state index in [9.17, 15) is 9.18 Å². The topological polar surface area (TPSA) is 62.8 Å². The predicted octanol–water partition coefficient (Wildman–Crippen LogP) is 2.67. The van der Waals surface area contributed by atoms with Crippen LogP contribution in [0.25, 0.3) is 0 Å². The van der Waals surface area contributed by atoms with Gasteiger partial charge in [0.2, 0.25) is 0 Å². The minimum Gasteiger partial charge on any atom is -0.494 e. The molecule has 150 valence electrons. The number of urea groups is 1. The summed E-state index contributed by atoms with van der Waals surface area (Å²) in [5.74, 6) is -0.0616. The maximum Gasteiger partial charge on any atom is 0.315 e. The zero-order chi connectivity index (χ0) is 19.2. The molecule has 2 heterocycles. The van der Waals surface area contributed by atoms with Crippen LogP contribution in [-0.2, 0) is 11.3 Å². The number of likely N-dealkylation sites (tertiary alicyclic amines) is 1.